The van der Waals surface area contributed by atoms with Crippen LogP contribution in [0.4, 0.5) is 10.1 Å². The highest BCUT2D eigenvalue weighted by atomic mass is 19.1. The molecule has 1 unspecified atom stereocenters. The van der Waals surface area contributed by atoms with Gasteiger partial charge in [0.1, 0.15) is 23.9 Å². The van der Waals surface area contributed by atoms with Gasteiger partial charge in [0.25, 0.3) is 5.91 Å². The number of methoxy groups -OCH3 is 2. The molecule has 0 aliphatic carbocycles. The molecule has 0 saturated carbocycles. The van der Waals surface area contributed by atoms with Gasteiger partial charge in [-0.25, -0.2) is 4.39 Å². The van der Waals surface area contributed by atoms with E-state index in [0.29, 0.717) is 12.2 Å². The summed E-state index contributed by atoms with van der Waals surface area (Å²) < 4.78 is 23.4. The number of rotatable bonds is 7. The molecule has 0 heterocycles. The lowest BCUT2D eigenvalue weighted by atomic mass is 10.2. The monoisotopic (exact) mass is 333 g/mol. The van der Waals surface area contributed by atoms with Gasteiger partial charge < -0.3 is 19.7 Å². The molecule has 0 fully saturated rings. The second-order valence-electron chi connectivity index (χ2n) is 5.54. The number of benzene rings is 2. The molecular formula is C18H22FN2O3+. The van der Waals surface area contributed by atoms with Gasteiger partial charge in [-0.3, -0.25) is 4.79 Å². The van der Waals surface area contributed by atoms with Crippen molar-refractivity contribution in [2.45, 2.75) is 6.54 Å². The Morgan fingerprint density at radius 2 is 1.83 bits per heavy atom. The van der Waals surface area contributed by atoms with E-state index in [2.05, 4.69) is 5.32 Å². The molecule has 24 heavy (non-hydrogen) atoms. The van der Waals surface area contributed by atoms with Gasteiger partial charge in [0.15, 0.2) is 6.54 Å². The van der Waals surface area contributed by atoms with Crippen LogP contribution in [0.2, 0.25) is 0 Å². The van der Waals surface area contributed by atoms with Gasteiger partial charge in [-0.05, 0) is 36.4 Å². The van der Waals surface area contributed by atoms with E-state index in [1.54, 1.807) is 14.2 Å². The van der Waals surface area contributed by atoms with E-state index in [1.807, 2.05) is 25.2 Å². The van der Waals surface area contributed by atoms with Crippen LogP contribution in [0, 0.1) is 5.82 Å². The smallest absolute Gasteiger partial charge is 0.279 e. The standard InChI is InChI=1S/C18H21FN2O3/c1-21(11-13-4-9-16(23-2)10-17(13)24-3)12-18(22)20-15-7-5-14(19)6-8-15/h4-10H,11-12H2,1-3H3,(H,20,22)/p+1. The number of carbonyl (C=O) groups excluding carboxylic acids is 1. The van der Waals surface area contributed by atoms with Crippen LogP contribution in [0.15, 0.2) is 42.5 Å². The van der Waals surface area contributed by atoms with E-state index >= 15 is 0 Å². The number of nitrogens with one attached hydrogen (secondary N) is 2. The fourth-order valence-electron chi connectivity index (χ4n) is 2.40. The highest BCUT2D eigenvalue weighted by molar-refractivity contribution is 5.91. The Hall–Kier alpha value is -2.60. The van der Waals surface area contributed by atoms with E-state index < -0.39 is 0 Å². The number of hydrogen-bond donors (Lipinski definition) is 2. The Labute approximate surface area is 141 Å². The minimum absolute atomic E-state index is 0.133. The average molecular weight is 333 g/mol. The number of hydrogen-bond acceptors (Lipinski definition) is 3. The first-order valence-electron chi connectivity index (χ1n) is 7.59. The fraction of sp³-hybridized carbons (Fsp3) is 0.278. The summed E-state index contributed by atoms with van der Waals surface area (Å²) >= 11 is 0. The lowest BCUT2D eigenvalue weighted by Gasteiger charge is -2.16. The molecular weight excluding hydrogens is 311 g/mol. The molecule has 6 heteroatoms. The van der Waals surface area contributed by atoms with Crippen molar-refractivity contribution in [2.75, 3.05) is 33.1 Å². The van der Waals surface area contributed by atoms with Crippen molar-refractivity contribution in [3.8, 4) is 11.5 Å². The number of anilines is 1. The number of likely N-dealkylation sites (N-methyl/N-ethyl adjacent to an activating group) is 1. The fourth-order valence-corrected chi connectivity index (χ4v) is 2.40. The maximum absolute atomic E-state index is 12.9. The van der Waals surface area contributed by atoms with E-state index in [4.69, 9.17) is 9.47 Å². The van der Waals surface area contributed by atoms with Gasteiger partial charge in [0.2, 0.25) is 0 Å². The molecule has 0 aromatic heterocycles. The Kier molecular flexibility index (Phi) is 6.14. The third kappa shape index (κ3) is 4.96. The van der Waals surface area contributed by atoms with Crippen molar-refractivity contribution < 1.29 is 23.6 Å². The minimum atomic E-state index is -0.331. The number of carbonyl (C=O) groups is 1. The number of quaternary nitrogens is 1. The lowest BCUT2D eigenvalue weighted by Crippen LogP contribution is -3.08. The summed E-state index contributed by atoms with van der Waals surface area (Å²) in [6, 6.07) is 11.3. The lowest BCUT2D eigenvalue weighted by molar-refractivity contribution is -0.885. The molecule has 0 aliphatic rings. The van der Waals surface area contributed by atoms with Crippen molar-refractivity contribution in [1.82, 2.24) is 0 Å². The Bertz CT molecular complexity index is 689. The Morgan fingerprint density at radius 1 is 1.12 bits per heavy atom. The zero-order valence-corrected chi connectivity index (χ0v) is 14.1. The molecule has 128 valence electrons. The summed E-state index contributed by atoms with van der Waals surface area (Å²) in [5.74, 6) is 0.990. The minimum Gasteiger partial charge on any atom is -0.497 e. The predicted octanol–water partition coefficient (Wildman–Crippen LogP) is 1.50. The summed E-state index contributed by atoms with van der Waals surface area (Å²) in [5.41, 5.74) is 1.57. The zero-order valence-electron chi connectivity index (χ0n) is 14.1. The molecule has 0 radical (unpaired) electrons. The second kappa shape index (κ2) is 8.31. The first kappa shape index (κ1) is 17.7. The van der Waals surface area contributed by atoms with Gasteiger partial charge in [0, 0.05) is 17.3 Å². The summed E-state index contributed by atoms with van der Waals surface area (Å²) in [6.45, 7) is 0.913. The van der Waals surface area contributed by atoms with E-state index in [1.165, 1.54) is 24.3 Å². The largest absolute Gasteiger partial charge is 0.497 e. The predicted molar refractivity (Wildman–Crippen MR) is 90.0 cm³/mol. The first-order chi connectivity index (χ1) is 11.5. The van der Waals surface area contributed by atoms with Crippen LogP contribution < -0.4 is 19.7 Å². The van der Waals surface area contributed by atoms with E-state index in [0.717, 1.165) is 22.0 Å². The summed E-state index contributed by atoms with van der Waals surface area (Å²) in [4.78, 5) is 13.1. The maximum atomic E-state index is 12.9. The van der Waals surface area contributed by atoms with Crippen molar-refractivity contribution >= 4 is 11.6 Å². The Balaban J connectivity index is 1.93. The van der Waals surface area contributed by atoms with Crippen molar-refractivity contribution in [3.63, 3.8) is 0 Å². The van der Waals surface area contributed by atoms with Crippen LogP contribution in [0.5, 0.6) is 11.5 Å². The van der Waals surface area contributed by atoms with Crippen LogP contribution in [-0.2, 0) is 11.3 Å². The molecule has 2 rings (SSSR count). The van der Waals surface area contributed by atoms with Crippen molar-refractivity contribution in [3.05, 3.63) is 53.8 Å². The molecule has 2 aromatic carbocycles. The topological polar surface area (TPSA) is 52.0 Å². The number of halogens is 1. The molecule has 5 nitrogen and oxygen atoms in total. The average Bonchev–Trinajstić information content (AvgIpc) is 2.57. The molecule has 0 aliphatic heterocycles. The second-order valence-corrected chi connectivity index (χ2v) is 5.54. The van der Waals surface area contributed by atoms with Crippen LogP contribution in [0.1, 0.15) is 5.56 Å². The highest BCUT2D eigenvalue weighted by Crippen LogP contribution is 2.23. The van der Waals surface area contributed by atoms with Gasteiger partial charge in [-0.1, -0.05) is 0 Å². The molecule has 1 amide bonds. The third-order valence-electron chi connectivity index (χ3n) is 3.58. The molecule has 2 aromatic rings. The van der Waals surface area contributed by atoms with Gasteiger partial charge in [-0.15, -0.1) is 0 Å². The van der Waals surface area contributed by atoms with Crippen LogP contribution in [0.25, 0.3) is 0 Å². The van der Waals surface area contributed by atoms with Gasteiger partial charge >= 0.3 is 0 Å². The maximum Gasteiger partial charge on any atom is 0.279 e. The third-order valence-corrected chi connectivity index (χ3v) is 3.58. The SMILES string of the molecule is COc1ccc(C[NH+](C)CC(=O)Nc2ccc(F)cc2)c(OC)c1. The molecule has 0 saturated heterocycles. The van der Waals surface area contributed by atoms with Crippen molar-refractivity contribution in [1.29, 1.82) is 0 Å². The molecule has 0 bridgehead atoms. The van der Waals surface area contributed by atoms with E-state index in [9.17, 15) is 9.18 Å². The first-order valence-corrected chi connectivity index (χ1v) is 7.59. The highest BCUT2D eigenvalue weighted by Gasteiger charge is 2.14. The van der Waals surface area contributed by atoms with Crippen LogP contribution in [0.3, 0.4) is 0 Å². The summed E-state index contributed by atoms with van der Waals surface area (Å²) in [7, 11) is 5.13. The number of amides is 1. The van der Waals surface area contributed by atoms with Gasteiger partial charge in [0.05, 0.1) is 21.3 Å². The Morgan fingerprint density at radius 3 is 2.46 bits per heavy atom. The van der Waals surface area contributed by atoms with E-state index in [-0.39, 0.29) is 18.3 Å². The zero-order chi connectivity index (χ0) is 17.5. The molecule has 2 N–H and O–H groups in total. The summed E-state index contributed by atoms with van der Waals surface area (Å²) in [6.07, 6.45) is 0. The quantitative estimate of drug-likeness (QED) is 0.807. The number of ether oxygens (including phenoxy) is 2. The van der Waals surface area contributed by atoms with Crippen LogP contribution >= 0.6 is 0 Å². The van der Waals surface area contributed by atoms with Gasteiger partial charge in [-0.2, -0.15) is 0 Å². The molecule has 1 atom stereocenters. The van der Waals surface area contributed by atoms with Crippen molar-refractivity contribution in [2.24, 2.45) is 0 Å². The van der Waals surface area contributed by atoms with Crippen LogP contribution in [-0.4, -0.2) is 33.7 Å². The normalized spacial score (nSPS) is 11.7. The summed E-state index contributed by atoms with van der Waals surface area (Å²) in [5, 5.41) is 2.75. The molecule has 0 spiro atoms.